The van der Waals surface area contributed by atoms with Crippen LogP contribution in [-0.2, 0) is 4.79 Å². The highest BCUT2D eigenvalue weighted by atomic mass is 16.6. The van der Waals surface area contributed by atoms with Crippen LogP contribution in [0.1, 0.15) is 11.3 Å². The number of nitrogens with zero attached hydrogens (tertiary/aromatic N) is 2. The first-order valence-electron chi connectivity index (χ1n) is 8.31. The van der Waals surface area contributed by atoms with E-state index in [4.69, 9.17) is 4.42 Å². The summed E-state index contributed by atoms with van der Waals surface area (Å²) in [6.45, 7) is 1.81. The third kappa shape index (κ3) is 4.14. The Morgan fingerprint density at radius 1 is 1.18 bits per heavy atom. The molecule has 1 amide bonds. The lowest BCUT2D eigenvalue weighted by Crippen LogP contribution is -2.13. The van der Waals surface area contributed by atoms with Gasteiger partial charge in [0.2, 0.25) is 0 Å². The van der Waals surface area contributed by atoms with Crippen LogP contribution in [0.2, 0.25) is 0 Å². The first-order chi connectivity index (χ1) is 13.5. The SMILES string of the molecule is Cc1ccc([N+](=O)[O-])cc1-c1ccc(/C=C(\C#N)C(=O)Nc2ccccc2)o1. The Kier molecular flexibility index (Phi) is 5.33. The third-order valence-electron chi connectivity index (χ3n) is 4.01. The lowest BCUT2D eigenvalue weighted by atomic mass is 10.1. The van der Waals surface area contributed by atoms with Crippen LogP contribution in [0, 0.1) is 28.4 Å². The van der Waals surface area contributed by atoms with Crippen molar-refractivity contribution in [3.05, 3.63) is 87.7 Å². The number of rotatable bonds is 5. The molecular formula is C21H15N3O4. The standard InChI is InChI=1S/C21H15N3O4/c1-14-7-8-17(24(26)27)12-19(14)20-10-9-18(28-20)11-15(13-22)21(25)23-16-5-3-2-4-6-16/h2-12H,1H3,(H,23,25)/b15-11+. The summed E-state index contributed by atoms with van der Waals surface area (Å²) in [6.07, 6.45) is 1.33. The number of benzene rings is 2. The molecule has 0 fully saturated rings. The van der Waals surface area contributed by atoms with Crippen LogP contribution in [0.15, 0.2) is 70.7 Å². The van der Waals surface area contributed by atoms with E-state index in [2.05, 4.69) is 5.32 Å². The normalized spacial score (nSPS) is 10.9. The average molecular weight is 373 g/mol. The van der Waals surface area contributed by atoms with Gasteiger partial charge in [0, 0.05) is 29.5 Å². The summed E-state index contributed by atoms with van der Waals surface area (Å²) >= 11 is 0. The minimum atomic E-state index is -0.557. The number of para-hydroxylation sites is 1. The number of carbonyl (C=O) groups is 1. The van der Waals surface area contributed by atoms with Gasteiger partial charge in [-0.1, -0.05) is 24.3 Å². The van der Waals surface area contributed by atoms with Crippen LogP contribution in [0.3, 0.4) is 0 Å². The first kappa shape index (κ1) is 18.6. The molecule has 0 atom stereocenters. The van der Waals surface area contributed by atoms with Gasteiger partial charge in [-0.15, -0.1) is 0 Å². The number of aryl methyl sites for hydroxylation is 1. The van der Waals surface area contributed by atoms with Crippen molar-refractivity contribution in [1.29, 1.82) is 5.26 Å². The molecule has 1 aromatic heterocycles. The predicted octanol–water partition coefficient (Wildman–Crippen LogP) is 4.71. The molecule has 3 aromatic rings. The molecule has 0 aliphatic heterocycles. The molecule has 0 aliphatic rings. The van der Waals surface area contributed by atoms with Crippen molar-refractivity contribution < 1.29 is 14.1 Å². The maximum Gasteiger partial charge on any atom is 0.270 e. The molecular weight excluding hydrogens is 358 g/mol. The van der Waals surface area contributed by atoms with Gasteiger partial charge in [0.15, 0.2) is 0 Å². The molecule has 2 aromatic carbocycles. The Labute approximate surface area is 160 Å². The van der Waals surface area contributed by atoms with E-state index in [9.17, 15) is 20.2 Å². The van der Waals surface area contributed by atoms with E-state index in [0.717, 1.165) is 5.56 Å². The Hall–Kier alpha value is -4.18. The van der Waals surface area contributed by atoms with Crippen LogP contribution in [0.4, 0.5) is 11.4 Å². The van der Waals surface area contributed by atoms with E-state index in [1.54, 1.807) is 42.5 Å². The van der Waals surface area contributed by atoms with Crippen molar-refractivity contribution in [2.24, 2.45) is 0 Å². The predicted molar refractivity (Wildman–Crippen MR) is 104 cm³/mol. The van der Waals surface area contributed by atoms with Crippen molar-refractivity contribution in [2.75, 3.05) is 5.32 Å². The van der Waals surface area contributed by atoms with E-state index in [-0.39, 0.29) is 11.3 Å². The van der Waals surface area contributed by atoms with Crippen LogP contribution in [-0.4, -0.2) is 10.8 Å². The maximum atomic E-state index is 12.3. The highest BCUT2D eigenvalue weighted by molar-refractivity contribution is 6.09. The monoisotopic (exact) mass is 373 g/mol. The van der Waals surface area contributed by atoms with Crippen LogP contribution >= 0.6 is 0 Å². The van der Waals surface area contributed by atoms with Crippen molar-refractivity contribution in [1.82, 2.24) is 0 Å². The van der Waals surface area contributed by atoms with Crippen molar-refractivity contribution in [3.63, 3.8) is 0 Å². The fourth-order valence-electron chi connectivity index (χ4n) is 2.57. The molecule has 3 rings (SSSR count). The molecule has 0 saturated carbocycles. The number of carbonyl (C=O) groups excluding carboxylic acids is 1. The highest BCUT2D eigenvalue weighted by Crippen LogP contribution is 2.29. The van der Waals surface area contributed by atoms with Crippen molar-refractivity contribution in [2.45, 2.75) is 6.92 Å². The molecule has 28 heavy (non-hydrogen) atoms. The number of amides is 1. The molecule has 1 N–H and O–H groups in total. The Balaban J connectivity index is 1.87. The highest BCUT2D eigenvalue weighted by Gasteiger charge is 2.14. The fraction of sp³-hybridized carbons (Fsp3) is 0.0476. The number of nitriles is 1. The summed E-state index contributed by atoms with van der Waals surface area (Å²) < 4.78 is 5.69. The number of nitrogens with one attached hydrogen (secondary N) is 1. The number of nitro benzene ring substituents is 1. The molecule has 138 valence electrons. The zero-order valence-electron chi connectivity index (χ0n) is 14.9. The summed E-state index contributed by atoms with van der Waals surface area (Å²) in [4.78, 5) is 22.8. The van der Waals surface area contributed by atoms with E-state index in [1.807, 2.05) is 19.1 Å². The molecule has 0 spiro atoms. The summed E-state index contributed by atoms with van der Waals surface area (Å²) in [5.41, 5.74) is 1.77. The number of anilines is 1. The molecule has 7 nitrogen and oxygen atoms in total. The summed E-state index contributed by atoms with van der Waals surface area (Å²) in [5, 5.41) is 22.9. The van der Waals surface area contributed by atoms with Crippen LogP contribution in [0.25, 0.3) is 17.4 Å². The van der Waals surface area contributed by atoms with Crippen molar-refractivity contribution in [3.8, 4) is 17.4 Å². The third-order valence-corrected chi connectivity index (χ3v) is 4.01. The summed E-state index contributed by atoms with van der Waals surface area (Å²) in [5.74, 6) is 0.145. The zero-order valence-corrected chi connectivity index (χ0v) is 14.9. The number of non-ortho nitro benzene ring substituents is 1. The Morgan fingerprint density at radius 2 is 1.93 bits per heavy atom. The topological polar surface area (TPSA) is 109 Å². The lowest BCUT2D eigenvalue weighted by molar-refractivity contribution is -0.384. The van der Waals surface area contributed by atoms with Gasteiger partial charge in [-0.3, -0.25) is 14.9 Å². The average Bonchev–Trinajstić information content (AvgIpc) is 3.15. The van der Waals surface area contributed by atoms with E-state index in [1.165, 1.54) is 18.2 Å². The second-order valence-electron chi connectivity index (χ2n) is 5.95. The Morgan fingerprint density at radius 3 is 2.61 bits per heavy atom. The maximum absolute atomic E-state index is 12.3. The number of nitro groups is 1. The van der Waals surface area contributed by atoms with Crippen LogP contribution < -0.4 is 5.32 Å². The van der Waals surface area contributed by atoms with E-state index in [0.29, 0.717) is 22.8 Å². The second-order valence-corrected chi connectivity index (χ2v) is 5.95. The van der Waals surface area contributed by atoms with E-state index >= 15 is 0 Å². The fourth-order valence-corrected chi connectivity index (χ4v) is 2.57. The molecule has 0 unspecified atom stereocenters. The van der Waals surface area contributed by atoms with Gasteiger partial charge in [-0.05, 0) is 36.8 Å². The largest absolute Gasteiger partial charge is 0.457 e. The van der Waals surface area contributed by atoms with Gasteiger partial charge in [-0.2, -0.15) is 5.26 Å². The minimum Gasteiger partial charge on any atom is -0.457 e. The minimum absolute atomic E-state index is 0.0472. The molecule has 0 saturated heterocycles. The quantitative estimate of drug-likeness (QED) is 0.301. The van der Waals surface area contributed by atoms with E-state index < -0.39 is 10.8 Å². The summed E-state index contributed by atoms with van der Waals surface area (Å²) in [6, 6.07) is 18.4. The van der Waals surface area contributed by atoms with Gasteiger partial charge >= 0.3 is 0 Å². The lowest BCUT2D eigenvalue weighted by Gasteiger charge is -2.03. The number of furan rings is 1. The van der Waals surface area contributed by atoms with Gasteiger partial charge in [-0.25, -0.2) is 0 Å². The van der Waals surface area contributed by atoms with Gasteiger partial charge in [0.05, 0.1) is 4.92 Å². The molecule has 0 bridgehead atoms. The number of hydrogen-bond donors (Lipinski definition) is 1. The Bertz CT molecular complexity index is 1110. The molecule has 1 heterocycles. The molecule has 0 radical (unpaired) electrons. The zero-order chi connectivity index (χ0) is 20.1. The first-order valence-corrected chi connectivity index (χ1v) is 8.31. The van der Waals surface area contributed by atoms with Gasteiger partial charge < -0.3 is 9.73 Å². The smallest absolute Gasteiger partial charge is 0.270 e. The number of hydrogen-bond acceptors (Lipinski definition) is 5. The second kappa shape index (κ2) is 8.01. The van der Waals surface area contributed by atoms with Gasteiger partial charge in [0.1, 0.15) is 23.2 Å². The summed E-state index contributed by atoms with van der Waals surface area (Å²) in [7, 11) is 0. The van der Waals surface area contributed by atoms with Gasteiger partial charge in [0.25, 0.3) is 11.6 Å². The molecule has 7 heteroatoms. The van der Waals surface area contributed by atoms with Crippen molar-refractivity contribution >= 4 is 23.4 Å². The van der Waals surface area contributed by atoms with Crippen LogP contribution in [0.5, 0.6) is 0 Å². The molecule has 0 aliphatic carbocycles.